The van der Waals surface area contributed by atoms with Crippen LogP contribution in [0, 0.1) is 5.41 Å². The summed E-state index contributed by atoms with van der Waals surface area (Å²) >= 11 is 1.78. The number of hydrogen-bond acceptors (Lipinski definition) is 4. The van der Waals surface area contributed by atoms with Crippen LogP contribution in [0.5, 0.6) is 0 Å². The number of nitrogens with two attached hydrogens (primary N) is 1. The van der Waals surface area contributed by atoms with Crippen LogP contribution in [-0.2, 0) is 9.53 Å². The molecule has 2 N–H and O–H groups in total. The van der Waals surface area contributed by atoms with E-state index in [1.165, 1.54) is 7.11 Å². The Hall–Kier alpha value is -0.220. The van der Waals surface area contributed by atoms with E-state index in [1.54, 1.807) is 11.8 Å². The van der Waals surface area contributed by atoms with Crippen molar-refractivity contribution in [2.45, 2.75) is 26.8 Å². The standard InChI is InChI=1S/C9H19NO2S/c1-5-13-6-9(2,3)7(10)8(11)12-4/h7H,5-6,10H2,1-4H3. The van der Waals surface area contributed by atoms with Gasteiger partial charge in [-0.1, -0.05) is 20.8 Å². The zero-order valence-electron chi connectivity index (χ0n) is 8.79. The number of methoxy groups -OCH3 is 1. The normalized spacial score (nSPS) is 13.9. The summed E-state index contributed by atoms with van der Waals surface area (Å²) in [5.74, 6) is 1.58. The topological polar surface area (TPSA) is 52.3 Å². The second kappa shape index (κ2) is 5.50. The van der Waals surface area contributed by atoms with E-state index in [-0.39, 0.29) is 11.4 Å². The average molecular weight is 205 g/mol. The van der Waals surface area contributed by atoms with Gasteiger partial charge in [-0.15, -0.1) is 0 Å². The van der Waals surface area contributed by atoms with Crippen molar-refractivity contribution < 1.29 is 9.53 Å². The predicted molar refractivity (Wildman–Crippen MR) is 56.8 cm³/mol. The molecule has 0 saturated heterocycles. The maximum atomic E-state index is 11.2. The molecule has 0 fully saturated rings. The summed E-state index contributed by atoms with van der Waals surface area (Å²) in [4.78, 5) is 11.2. The number of esters is 1. The van der Waals surface area contributed by atoms with E-state index >= 15 is 0 Å². The van der Waals surface area contributed by atoms with Gasteiger partial charge in [-0.05, 0) is 11.2 Å². The van der Waals surface area contributed by atoms with Crippen LogP contribution in [0.25, 0.3) is 0 Å². The second-order valence-electron chi connectivity index (χ2n) is 3.63. The molecule has 0 amide bonds. The first-order valence-corrected chi connectivity index (χ1v) is 5.52. The second-order valence-corrected chi connectivity index (χ2v) is 4.90. The SMILES string of the molecule is CCSCC(C)(C)C(N)C(=O)OC. The minimum atomic E-state index is -0.531. The highest BCUT2D eigenvalue weighted by atomic mass is 32.2. The Bertz CT molecular complexity index is 171. The van der Waals surface area contributed by atoms with Crippen molar-refractivity contribution in [2.75, 3.05) is 18.6 Å². The minimum Gasteiger partial charge on any atom is -0.468 e. The summed E-state index contributed by atoms with van der Waals surface area (Å²) in [5, 5.41) is 0. The van der Waals surface area contributed by atoms with E-state index in [4.69, 9.17) is 5.73 Å². The molecule has 78 valence electrons. The third-order valence-corrected chi connectivity index (χ3v) is 3.33. The Balaban J connectivity index is 4.17. The summed E-state index contributed by atoms with van der Waals surface area (Å²) in [7, 11) is 1.37. The number of thioether (sulfide) groups is 1. The molecule has 0 radical (unpaired) electrons. The van der Waals surface area contributed by atoms with Crippen LogP contribution in [0.1, 0.15) is 20.8 Å². The lowest BCUT2D eigenvalue weighted by atomic mass is 9.87. The van der Waals surface area contributed by atoms with Crippen LogP contribution in [0.15, 0.2) is 0 Å². The maximum absolute atomic E-state index is 11.2. The highest BCUT2D eigenvalue weighted by Gasteiger charge is 2.32. The molecule has 0 aromatic carbocycles. The Labute approximate surface area is 84.4 Å². The summed E-state index contributed by atoms with van der Waals surface area (Å²) < 4.78 is 4.61. The van der Waals surface area contributed by atoms with E-state index in [2.05, 4.69) is 11.7 Å². The molecule has 1 atom stereocenters. The van der Waals surface area contributed by atoms with Gasteiger partial charge >= 0.3 is 5.97 Å². The number of ether oxygens (including phenoxy) is 1. The van der Waals surface area contributed by atoms with Crippen molar-refractivity contribution in [3.8, 4) is 0 Å². The maximum Gasteiger partial charge on any atom is 0.323 e. The van der Waals surface area contributed by atoms with Gasteiger partial charge in [0.25, 0.3) is 0 Å². The Morgan fingerprint density at radius 2 is 2.15 bits per heavy atom. The van der Waals surface area contributed by atoms with Crippen LogP contribution in [-0.4, -0.2) is 30.6 Å². The number of carbonyl (C=O) groups excluding carboxylic acids is 1. The summed E-state index contributed by atoms with van der Waals surface area (Å²) in [5.41, 5.74) is 5.56. The molecule has 0 saturated carbocycles. The monoisotopic (exact) mass is 205 g/mol. The van der Waals surface area contributed by atoms with Crippen LogP contribution < -0.4 is 5.73 Å². The van der Waals surface area contributed by atoms with Gasteiger partial charge in [0.05, 0.1) is 7.11 Å². The summed E-state index contributed by atoms with van der Waals surface area (Å²) in [6, 6.07) is -0.531. The molecule has 0 spiro atoms. The molecular formula is C9H19NO2S. The van der Waals surface area contributed by atoms with Crippen molar-refractivity contribution >= 4 is 17.7 Å². The lowest BCUT2D eigenvalue weighted by Gasteiger charge is -2.28. The predicted octanol–water partition coefficient (Wildman–Crippen LogP) is 1.27. The van der Waals surface area contributed by atoms with Gasteiger partial charge in [0.15, 0.2) is 0 Å². The molecule has 0 aliphatic rings. The Kier molecular flexibility index (Phi) is 5.40. The summed E-state index contributed by atoms with van der Waals surface area (Å²) in [6.45, 7) is 6.05. The zero-order valence-corrected chi connectivity index (χ0v) is 9.61. The van der Waals surface area contributed by atoms with E-state index in [9.17, 15) is 4.79 Å². The molecule has 0 heterocycles. The largest absolute Gasteiger partial charge is 0.468 e. The van der Waals surface area contributed by atoms with Crippen LogP contribution in [0.2, 0.25) is 0 Å². The Morgan fingerprint density at radius 3 is 2.54 bits per heavy atom. The van der Waals surface area contributed by atoms with E-state index in [0.717, 1.165) is 11.5 Å². The lowest BCUT2D eigenvalue weighted by molar-refractivity contribution is -0.144. The highest BCUT2D eigenvalue weighted by Crippen LogP contribution is 2.25. The lowest BCUT2D eigenvalue weighted by Crippen LogP contribution is -2.46. The molecular weight excluding hydrogens is 186 g/mol. The van der Waals surface area contributed by atoms with Crippen molar-refractivity contribution in [1.82, 2.24) is 0 Å². The van der Waals surface area contributed by atoms with Gasteiger partial charge in [0, 0.05) is 5.75 Å². The molecule has 13 heavy (non-hydrogen) atoms. The summed E-state index contributed by atoms with van der Waals surface area (Å²) in [6.07, 6.45) is 0. The number of rotatable bonds is 5. The van der Waals surface area contributed by atoms with Gasteiger partial charge < -0.3 is 10.5 Å². The third-order valence-electron chi connectivity index (χ3n) is 1.98. The quantitative estimate of drug-likeness (QED) is 0.687. The van der Waals surface area contributed by atoms with E-state index in [1.807, 2.05) is 13.8 Å². The van der Waals surface area contributed by atoms with Crippen molar-refractivity contribution in [1.29, 1.82) is 0 Å². The van der Waals surface area contributed by atoms with Crippen LogP contribution in [0.3, 0.4) is 0 Å². The number of carbonyl (C=O) groups is 1. The molecule has 4 heteroatoms. The molecule has 0 bridgehead atoms. The number of hydrogen-bond donors (Lipinski definition) is 1. The van der Waals surface area contributed by atoms with E-state index in [0.29, 0.717) is 0 Å². The Morgan fingerprint density at radius 1 is 1.62 bits per heavy atom. The molecule has 0 aromatic heterocycles. The van der Waals surface area contributed by atoms with Crippen LogP contribution >= 0.6 is 11.8 Å². The van der Waals surface area contributed by atoms with Crippen molar-refractivity contribution in [3.05, 3.63) is 0 Å². The first kappa shape index (κ1) is 12.8. The highest BCUT2D eigenvalue weighted by molar-refractivity contribution is 7.99. The first-order chi connectivity index (χ1) is 5.95. The fourth-order valence-electron chi connectivity index (χ4n) is 0.901. The average Bonchev–Trinajstić information content (AvgIpc) is 2.12. The molecule has 0 aliphatic heterocycles. The van der Waals surface area contributed by atoms with Gasteiger partial charge in [0.1, 0.15) is 6.04 Å². The molecule has 0 aromatic rings. The van der Waals surface area contributed by atoms with Gasteiger partial charge in [-0.2, -0.15) is 11.8 Å². The van der Waals surface area contributed by atoms with Crippen molar-refractivity contribution in [3.63, 3.8) is 0 Å². The zero-order chi connectivity index (χ0) is 10.5. The van der Waals surface area contributed by atoms with Gasteiger partial charge in [-0.3, -0.25) is 4.79 Å². The minimum absolute atomic E-state index is 0.201. The fraction of sp³-hybridized carbons (Fsp3) is 0.889. The third kappa shape index (κ3) is 4.00. The van der Waals surface area contributed by atoms with E-state index < -0.39 is 6.04 Å². The first-order valence-electron chi connectivity index (χ1n) is 4.37. The molecule has 1 unspecified atom stereocenters. The van der Waals surface area contributed by atoms with Gasteiger partial charge in [0.2, 0.25) is 0 Å². The van der Waals surface area contributed by atoms with Crippen LogP contribution in [0.4, 0.5) is 0 Å². The fourth-order valence-corrected chi connectivity index (χ4v) is 1.81. The molecule has 0 aliphatic carbocycles. The molecule has 3 nitrogen and oxygen atoms in total. The smallest absolute Gasteiger partial charge is 0.323 e. The van der Waals surface area contributed by atoms with Gasteiger partial charge in [-0.25, -0.2) is 0 Å². The van der Waals surface area contributed by atoms with Crippen molar-refractivity contribution in [2.24, 2.45) is 11.1 Å². The molecule has 0 rings (SSSR count).